The lowest BCUT2D eigenvalue weighted by atomic mass is 10.1. The molecule has 0 radical (unpaired) electrons. The quantitative estimate of drug-likeness (QED) is 0.664. The molecule has 0 fully saturated rings. The van der Waals surface area contributed by atoms with Crippen molar-refractivity contribution in [3.63, 3.8) is 0 Å². The van der Waals surface area contributed by atoms with Crippen LogP contribution in [-0.4, -0.2) is 0 Å². The number of nitrogens with zero attached hydrogens (tertiary/aromatic N) is 1. The molecule has 0 unspecified atom stereocenters. The third-order valence-corrected chi connectivity index (χ3v) is 1.56. The minimum atomic E-state index is -2.49. The lowest BCUT2D eigenvalue weighted by Crippen LogP contribution is -1.92. The molecule has 0 aliphatic carbocycles. The molecular formula is C9H7F2N. The van der Waals surface area contributed by atoms with E-state index in [2.05, 4.69) is 0 Å². The lowest BCUT2D eigenvalue weighted by Gasteiger charge is -2.03. The summed E-state index contributed by atoms with van der Waals surface area (Å²) >= 11 is 0. The normalized spacial score (nSPS) is 9.83. The summed E-state index contributed by atoms with van der Waals surface area (Å²) in [6, 6.07) is 7.93. The molecule has 0 saturated heterocycles. The Balaban J connectivity index is 3.02. The maximum atomic E-state index is 12.2. The zero-order chi connectivity index (χ0) is 8.97. The van der Waals surface area contributed by atoms with Crippen molar-refractivity contribution in [2.75, 3.05) is 0 Å². The summed E-state index contributed by atoms with van der Waals surface area (Å²) in [7, 11) is 0. The molecule has 1 rings (SSSR count). The van der Waals surface area contributed by atoms with E-state index < -0.39 is 6.43 Å². The molecule has 0 spiro atoms. The van der Waals surface area contributed by atoms with Crippen molar-refractivity contribution in [1.29, 1.82) is 5.26 Å². The zero-order valence-electron chi connectivity index (χ0n) is 6.30. The summed E-state index contributed by atoms with van der Waals surface area (Å²) in [4.78, 5) is 0. The van der Waals surface area contributed by atoms with E-state index >= 15 is 0 Å². The average Bonchev–Trinajstić information content (AvgIpc) is 2.05. The van der Waals surface area contributed by atoms with E-state index in [9.17, 15) is 8.78 Å². The molecule has 0 amide bonds. The van der Waals surface area contributed by atoms with E-state index in [-0.39, 0.29) is 12.0 Å². The van der Waals surface area contributed by atoms with Crippen LogP contribution in [0.25, 0.3) is 0 Å². The number of benzene rings is 1. The molecule has 62 valence electrons. The van der Waals surface area contributed by atoms with Crippen LogP contribution in [-0.2, 0) is 6.42 Å². The van der Waals surface area contributed by atoms with Crippen LogP contribution in [0.5, 0.6) is 0 Å². The van der Waals surface area contributed by atoms with Gasteiger partial charge >= 0.3 is 0 Å². The first-order valence-electron chi connectivity index (χ1n) is 3.48. The van der Waals surface area contributed by atoms with Crippen molar-refractivity contribution < 1.29 is 8.78 Å². The van der Waals surface area contributed by atoms with Crippen molar-refractivity contribution in [1.82, 2.24) is 0 Å². The van der Waals surface area contributed by atoms with Gasteiger partial charge in [-0.05, 0) is 5.56 Å². The second kappa shape index (κ2) is 3.82. The fourth-order valence-electron chi connectivity index (χ4n) is 0.993. The molecule has 0 saturated carbocycles. The van der Waals surface area contributed by atoms with Gasteiger partial charge in [0.15, 0.2) is 0 Å². The highest BCUT2D eigenvalue weighted by Crippen LogP contribution is 2.22. The molecule has 0 aromatic heterocycles. The smallest absolute Gasteiger partial charge is 0.205 e. The van der Waals surface area contributed by atoms with E-state index in [1.807, 2.05) is 6.07 Å². The molecule has 0 aliphatic heterocycles. The number of rotatable bonds is 2. The predicted molar refractivity (Wildman–Crippen MR) is 40.7 cm³/mol. The summed E-state index contributed by atoms with van der Waals surface area (Å²) in [6.07, 6.45) is -2.45. The van der Waals surface area contributed by atoms with Crippen LogP contribution in [0.4, 0.5) is 8.78 Å². The van der Waals surface area contributed by atoms with Crippen LogP contribution in [0.3, 0.4) is 0 Å². The molecule has 0 aliphatic rings. The fourth-order valence-corrected chi connectivity index (χ4v) is 0.993. The third kappa shape index (κ3) is 1.79. The molecular weight excluding hydrogens is 160 g/mol. The highest BCUT2D eigenvalue weighted by atomic mass is 19.3. The van der Waals surface area contributed by atoms with Crippen molar-refractivity contribution in [2.24, 2.45) is 0 Å². The van der Waals surface area contributed by atoms with Gasteiger partial charge in [-0.25, -0.2) is 8.78 Å². The minimum absolute atomic E-state index is 0.0422. The number of alkyl halides is 2. The summed E-state index contributed by atoms with van der Waals surface area (Å²) in [5.74, 6) is 0. The first-order chi connectivity index (χ1) is 5.75. The Kier molecular flexibility index (Phi) is 2.76. The highest BCUT2D eigenvalue weighted by molar-refractivity contribution is 5.30. The summed E-state index contributed by atoms with van der Waals surface area (Å²) in [5.41, 5.74) is 0.369. The van der Waals surface area contributed by atoms with Gasteiger partial charge in [-0.2, -0.15) is 5.26 Å². The van der Waals surface area contributed by atoms with Crippen molar-refractivity contribution in [3.8, 4) is 6.07 Å². The van der Waals surface area contributed by atoms with Crippen molar-refractivity contribution >= 4 is 0 Å². The van der Waals surface area contributed by atoms with Crippen molar-refractivity contribution in [3.05, 3.63) is 35.4 Å². The van der Waals surface area contributed by atoms with E-state index in [0.29, 0.717) is 5.56 Å². The maximum Gasteiger partial charge on any atom is 0.264 e. The second-order valence-electron chi connectivity index (χ2n) is 2.33. The van der Waals surface area contributed by atoms with E-state index in [4.69, 9.17) is 5.26 Å². The molecule has 3 heteroatoms. The zero-order valence-corrected chi connectivity index (χ0v) is 6.30. The molecule has 1 aromatic rings. The van der Waals surface area contributed by atoms with Crippen LogP contribution >= 0.6 is 0 Å². The van der Waals surface area contributed by atoms with Crippen molar-refractivity contribution in [2.45, 2.75) is 12.8 Å². The molecule has 12 heavy (non-hydrogen) atoms. The third-order valence-electron chi connectivity index (χ3n) is 1.56. The number of hydrogen-bond acceptors (Lipinski definition) is 1. The number of hydrogen-bond donors (Lipinski definition) is 0. The number of nitriles is 1. The van der Waals surface area contributed by atoms with Gasteiger partial charge in [-0.15, -0.1) is 0 Å². The Bertz CT molecular complexity index is 302. The Morgan fingerprint density at radius 3 is 2.58 bits per heavy atom. The van der Waals surface area contributed by atoms with Gasteiger partial charge in [0.1, 0.15) is 0 Å². The van der Waals surface area contributed by atoms with Gasteiger partial charge in [0.25, 0.3) is 6.43 Å². The summed E-state index contributed by atoms with van der Waals surface area (Å²) in [5, 5.41) is 8.33. The van der Waals surface area contributed by atoms with Crippen LogP contribution in [0, 0.1) is 11.3 Å². The van der Waals surface area contributed by atoms with E-state index in [1.54, 1.807) is 18.2 Å². The summed E-state index contributed by atoms with van der Waals surface area (Å²) < 4.78 is 24.5. The number of halogens is 2. The fraction of sp³-hybridized carbons (Fsp3) is 0.222. The Morgan fingerprint density at radius 2 is 2.00 bits per heavy atom. The molecule has 1 aromatic carbocycles. The largest absolute Gasteiger partial charge is 0.264 e. The maximum absolute atomic E-state index is 12.2. The van der Waals surface area contributed by atoms with Gasteiger partial charge in [0.2, 0.25) is 0 Å². The van der Waals surface area contributed by atoms with Crippen LogP contribution in [0.15, 0.2) is 24.3 Å². The lowest BCUT2D eigenvalue weighted by molar-refractivity contribution is 0.150. The van der Waals surface area contributed by atoms with Crippen LogP contribution < -0.4 is 0 Å². The van der Waals surface area contributed by atoms with E-state index in [1.165, 1.54) is 6.07 Å². The molecule has 0 N–H and O–H groups in total. The predicted octanol–water partition coefficient (Wildman–Crippen LogP) is 2.69. The van der Waals surface area contributed by atoms with Gasteiger partial charge in [0, 0.05) is 5.56 Å². The van der Waals surface area contributed by atoms with Gasteiger partial charge in [0.05, 0.1) is 12.5 Å². The molecule has 0 bridgehead atoms. The van der Waals surface area contributed by atoms with Gasteiger partial charge in [-0.1, -0.05) is 24.3 Å². The Hall–Kier alpha value is -1.43. The second-order valence-corrected chi connectivity index (χ2v) is 2.33. The van der Waals surface area contributed by atoms with Gasteiger partial charge in [-0.3, -0.25) is 0 Å². The van der Waals surface area contributed by atoms with Gasteiger partial charge < -0.3 is 0 Å². The average molecular weight is 167 g/mol. The minimum Gasteiger partial charge on any atom is -0.205 e. The van der Waals surface area contributed by atoms with Crippen LogP contribution in [0.2, 0.25) is 0 Å². The SMILES string of the molecule is N#CCc1ccccc1C(F)F. The van der Waals surface area contributed by atoms with Crippen LogP contribution in [0.1, 0.15) is 17.6 Å². The molecule has 1 nitrogen and oxygen atoms in total. The standard InChI is InChI=1S/C9H7F2N/c10-9(11)8-4-2-1-3-7(8)5-6-12/h1-4,9H,5H2. The first kappa shape index (κ1) is 8.66. The highest BCUT2D eigenvalue weighted by Gasteiger charge is 2.10. The van der Waals surface area contributed by atoms with E-state index in [0.717, 1.165) is 0 Å². The Labute approximate surface area is 69.2 Å². The summed E-state index contributed by atoms with van der Waals surface area (Å²) in [6.45, 7) is 0. The molecule has 0 atom stereocenters. The monoisotopic (exact) mass is 167 g/mol. The topological polar surface area (TPSA) is 23.8 Å². The Morgan fingerprint density at radius 1 is 1.33 bits per heavy atom. The molecule has 0 heterocycles. The first-order valence-corrected chi connectivity index (χ1v) is 3.48.